The molecule has 0 saturated heterocycles. The minimum atomic E-state index is -0.0923. The van der Waals surface area contributed by atoms with Crippen LogP contribution in [0.2, 0.25) is 0 Å². The minimum absolute atomic E-state index is 0.0923. The van der Waals surface area contributed by atoms with Crippen LogP contribution in [0.5, 0.6) is 0 Å². The van der Waals surface area contributed by atoms with Crippen LogP contribution in [0.15, 0.2) is 47.4 Å². The quantitative estimate of drug-likeness (QED) is 0.663. The van der Waals surface area contributed by atoms with Crippen LogP contribution < -0.4 is 5.32 Å². The second-order valence-electron chi connectivity index (χ2n) is 5.22. The Hall–Kier alpha value is -2.07. The highest BCUT2D eigenvalue weighted by Gasteiger charge is 2.08. The molecule has 2 aromatic rings. The molecule has 0 fully saturated rings. The maximum atomic E-state index is 12.2. The van der Waals surface area contributed by atoms with E-state index in [0.29, 0.717) is 5.75 Å². The first-order valence-electron chi connectivity index (χ1n) is 7.06. The summed E-state index contributed by atoms with van der Waals surface area (Å²) in [5.74, 6) is 0.437. The van der Waals surface area contributed by atoms with E-state index in [1.807, 2.05) is 56.3 Å². The molecule has 0 heterocycles. The third-order valence-electron chi connectivity index (χ3n) is 3.37. The van der Waals surface area contributed by atoms with E-state index in [2.05, 4.69) is 5.32 Å². The summed E-state index contributed by atoms with van der Waals surface area (Å²) < 4.78 is 0. The lowest BCUT2D eigenvalue weighted by molar-refractivity contribution is -0.114. The molecule has 0 aliphatic carbocycles. The van der Waals surface area contributed by atoms with Gasteiger partial charge >= 0.3 is 0 Å². The summed E-state index contributed by atoms with van der Waals surface area (Å²) in [6.45, 7) is 5.53. The van der Waals surface area contributed by atoms with Crippen LogP contribution in [0, 0.1) is 13.8 Å². The third-order valence-corrected chi connectivity index (χ3v) is 4.39. The molecule has 0 saturated carbocycles. The number of amides is 1. The van der Waals surface area contributed by atoms with Crippen molar-refractivity contribution in [3.05, 3.63) is 59.2 Å². The molecule has 0 aromatic heterocycles. The Kier molecular flexibility index (Phi) is 5.39. The maximum absolute atomic E-state index is 12.2. The van der Waals surface area contributed by atoms with E-state index >= 15 is 0 Å². The number of nitrogens with one attached hydrogen (secondary N) is 1. The van der Waals surface area contributed by atoms with Crippen molar-refractivity contribution in [2.75, 3.05) is 11.1 Å². The Morgan fingerprint density at radius 3 is 2.27 bits per heavy atom. The van der Waals surface area contributed by atoms with Gasteiger partial charge in [0.1, 0.15) is 0 Å². The lowest BCUT2D eigenvalue weighted by Gasteiger charge is -2.06. The number of Topliss-reactive ketones (excluding diaryl/α,β-unsaturated/α-hetero) is 1. The van der Waals surface area contributed by atoms with Gasteiger partial charge < -0.3 is 5.32 Å². The van der Waals surface area contributed by atoms with Crippen molar-refractivity contribution in [1.29, 1.82) is 0 Å². The van der Waals surface area contributed by atoms with Crippen molar-refractivity contribution in [1.82, 2.24) is 0 Å². The van der Waals surface area contributed by atoms with Crippen LogP contribution in [-0.2, 0) is 4.79 Å². The van der Waals surface area contributed by atoms with Gasteiger partial charge in [0.15, 0.2) is 5.78 Å². The fraction of sp³-hybridized carbons (Fsp3) is 0.222. The van der Waals surface area contributed by atoms with E-state index in [1.165, 1.54) is 24.2 Å². The molecular formula is C18H19NO2S. The van der Waals surface area contributed by atoms with Crippen LogP contribution in [0.3, 0.4) is 0 Å². The second-order valence-corrected chi connectivity index (χ2v) is 6.27. The minimum Gasteiger partial charge on any atom is -0.326 e. The van der Waals surface area contributed by atoms with Crippen LogP contribution >= 0.6 is 11.8 Å². The molecule has 0 spiro atoms. The third kappa shape index (κ3) is 4.46. The van der Waals surface area contributed by atoms with Gasteiger partial charge in [-0.3, -0.25) is 9.59 Å². The molecule has 0 unspecified atom stereocenters. The summed E-state index contributed by atoms with van der Waals surface area (Å²) in [4.78, 5) is 24.2. The highest BCUT2D eigenvalue weighted by atomic mass is 32.2. The van der Waals surface area contributed by atoms with E-state index in [-0.39, 0.29) is 11.7 Å². The number of hydrogen-bond acceptors (Lipinski definition) is 3. The van der Waals surface area contributed by atoms with Crippen molar-refractivity contribution < 1.29 is 9.59 Å². The molecule has 0 atom stereocenters. The number of hydrogen-bond donors (Lipinski definition) is 1. The smallest absolute Gasteiger partial charge is 0.221 e. The summed E-state index contributed by atoms with van der Waals surface area (Å²) in [7, 11) is 0. The monoisotopic (exact) mass is 313 g/mol. The molecule has 0 bridgehead atoms. The van der Waals surface area contributed by atoms with Gasteiger partial charge in [-0.2, -0.15) is 0 Å². The topological polar surface area (TPSA) is 46.2 Å². The van der Waals surface area contributed by atoms with Crippen molar-refractivity contribution >= 4 is 29.1 Å². The standard InChI is InChI=1S/C18H19NO2S/c1-12-4-5-15(10-13(12)2)18(21)11-22-17-8-6-16(7-9-17)19-14(3)20/h4-10H,11H2,1-3H3,(H,19,20). The van der Waals surface area contributed by atoms with E-state index in [4.69, 9.17) is 0 Å². The van der Waals surface area contributed by atoms with Gasteiger partial charge in [-0.05, 0) is 55.3 Å². The number of thioether (sulfide) groups is 1. The number of benzene rings is 2. The summed E-state index contributed by atoms with van der Waals surface area (Å²) in [6, 6.07) is 13.3. The second kappa shape index (κ2) is 7.27. The molecule has 1 N–H and O–H groups in total. The van der Waals surface area contributed by atoms with Gasteiger partial charge in [0.25, 0.3) is 0 Å². The number of rotatable bonds is 5. The van der Waals surface area contributed by atoms with E-state index in [9.17, 15) is 9.59 Å². The Bertz CT molecular complexity index is 693. The van der Waals surface area contributed by atoms with Gasteiger partial charge in [-0.1, -0.05) is 12.1 Å². The van der Waals surface area contributed by atoms with Gasteiger partial charge in [0.05, 0.1) is 5.75 Å². The van der Waals surface area contributed by atoms with Crippen LogP contribution in [0.1, 0.15) is 28.4 Å². The zero-order valence-electron chi connectivity index (χ0n) is 13.0. The van der Waals surface area contributed by atoms with Crippen LogP contribution in [0.4, 0.5) is 5.69 Å². The van der Waals surface area contributed by atoms with Gasteiger partial charge in [0.2, 0.25) is 5.91 Å². The Labute approximate surface area is 135 Å². The first-order chi connectivity index (χ1) is 10.5. The molecule has 22 heavy (non-hydrogen) atoms. The van der Waals surface area contributed by atoms with E-state index in [1.54, 1.807) is 0 Å². The fourth-order valence-corrected chi connectivity index (χ4v) is 2.78. The van der Waals surface area contributed by atoms with Gasteiger partial charge in [-0.15, -0.1) is 11.8 Å². The highest BCUT2D eigenvalue weighted by molar-refractivity contribution is 8.00. The molecule has 114 valence electrons. The van der Waals surface area contributed by atoms with Crippen molar-refractivity contribution in [2.24, 2.45) is 0 Å². The zero-order valence-corrected chi connectivity index (χ0v) is 13.8. The maximum Gasteiger partial charge on any atom is 0.221 e. The molecule has 1 amide bonds. The van der Waals surface area contributed by atoms with Crippen LogP contribution in [-0.4, -0.2) is 17.4 Å². The average molecular weight is 313 g/mol. The predicted molar refractivity (Wildman–Crippen MR) is 91.7 cm³/mol. The summed E-state index contributed by atoms with van der Waals surface area (Å²) >= 11 is 1.50. The molecule has 0 aliphatic heterocycles. The van der Waals surface area contributed by atoms with E-state index in [0.717, 1.165) is 21.7 Å². The molecule has 2 rings (SSSR count). The van der Waals surface area contributed by atoms with Gasteiger partial charge in [0, 0.05) is 23.1 Å². The zero-order chi connectivity index (χ0) is 16.1. The average Bonchev–Trinajstić information content (AvgIpc) is 2.48. The van der Waals surface area contributed by atoms with Crippen molar-refractivity contribution in [3.63, 3.8) is 0 Å². The van der Waals surface area contributed by atoms with Crippen molar-refractivity contribution in [3.8, 4) is 0 Å². The number of anilines is 1. The summed E-state index contributed by atoms with van der Waals surface area (Å²) in [5, 5.41) is 2.72. The van der Waals surface area contributed by atoms with E-state index < -0.39 is 0 Å². The summed E-state index contributed by atoms with van der Waals surface area (Å²) in [6.07, 6.45) is 0. The largest absolute Gasteiger partial charge is 0.326 e. The number of carbonyl (C=O) groups is 2. The lowest BCUT2D eigenvalue weighted by Crippen LogP contribution is -2.05. The highest BCUT2D eigenvalue weighted by Crippen LogP contribution is 2.22. The predicted octanol–water partition coefficient (Wildman–Crippen LogP) is 4.24. The number of aryl methyl sites for hydroxylation is 2. The lowest BCUT2D eigenvalue weighted by atomic mass is 10.0. The number of ketones is 1. The first kappa shape index (κ1) is 16.3. The molecular weight excluding hydrogens is 294 g/mol. The fourth-order valence-electron chi connectivity index (χ4n) is 1.98. The van der Waals surface area contributed by atoms with Crippen LogP contribution in [0.25, 0.3) is 0 Å². The molecule has 2 aromatic carbocycles. The molecule has 3 nitrogen and oxygen atoms in total. The molecule has 4 heteroatoms. The van der Waals surface area contributed by atoms with Crippen molar-refractivity contribution in [2.45, 2.75) is 25.7 Å². The summed E-state index contributed by atoms with van der Waals surface area (Å²) in [5.41, 5.74) is 3.84. The normalized spacial score (nSPS) is 10.3. The number of carbonyl (C=O) groups excluding carboxylic acids is 2. The SMILES string of the molecule is CC(=O)Nc1ccc(SCC(=O)c2ccc(C)c(C)c2)cc1. The first-order valence-corrected chi connectivity index (χ1v) is 8.05. The van der Waals surface area contributed by atoms with Gasteiger partial charge in [-0.25, -0.2) is 0 Å². The Morgan fingerprint density at radius 2 is 1.68 bits per heavy atom. The molecule has 0 aliphatic rings. The molecule has 0 radical (unpaired) electrons. The Morgan fingerprint density at radius 1 is 1.00 bits per heavy atom. The Balaban J connectivity index is 1.95.